The van der Waals surface area contributed by atoms with E-state index in [9.17, 15) is 9.90 Å². The number of rotatable bonds is 5. The lowest BCUT2D eigenvalue weighted by Crippen LogP contribution is -2.48. The summed E-state index contributed by atoms with van der Waals surface area (Å²) in [6.07, 6.45) is 6.23. The minimum atomic E-state index is -0.450. The lowest BCUT2D eigenvalue weighted by Gasteiger charge is -2.29. The van der Waals surface area contributed by atoms with Crippen molar-refractivity contribution in [2.75, 3.05) is 32.8 Å². The molecule has 0 radical (unpaired) electrons. The van der Waals surface area contributed by atoms with Crippen molar-refractivity contribution in [1.82, 2.24) is 10.2 Å². The van der Waals surface area contributed by atoms with Gasteiger partial charge in [-0.1, -0.05) is 12.8 Å². The van der Waals surface area contributed by atoms with Gasteiger partial charge in [0.15, 0.2) is 0 Å². The predicted molar refractivity (Wildman–Crippen MR) is 82.1 cm³/mol. The van der Waals surface area contributed by atoms with Gasteiger partial charge in [0, 0.05) is 19.8 Å². The summed E-state index contributed by atoms with van der Waals surface area (Å²) >= 11 is 0. The highest BCUT2D eigenvalue weighted by Crippen LogP contribution is 2.18. The molecule has 5 nitrogen and oxygen atoms in total. The number of nitrogens with zero attached hydrogens (tertiary/aromatic N) is 1. The third kappa shape index (κ3) is 5.24. The largest absolute Gasteiger partial charge is 0.391 e. The summed E-state index contributed by atoms with van der Waals surface area (Å²) in [6, 6.07) is -0.0926. The molecule has 0 aromatic rings. The number of carbonyl (C=O) groups is 1. The Kier molecular flexibility index (Phi) is 6.93. The minimum absolute atomic E-state index is 0.0445. The van der Waals surface area contributed by atoms with Gasteiger partial charge in [-0.25, -0.2) is 0 Å². The molecule has 0 spiro atoms. The second-order valence-corrected chi connectivity index (χ2v) is 6.39. The standard InChI is InChI=1S/C16H30N2O3/c1-13(18-8-4-2-3-5-9-18)16(20)17-12-15(19)14-6-10-21-11-7-14/h13-15,19H,2-12H2,1H3,(H,17,20)/t13-,15-/m0/s1. The molecule has 2 heterocycles. The quantitative estimate of drug-likeness (QED) is 0.799. The van der Waals surface area contributed by atoms with Crippen molar-refractivity contribution in [2.45, 2.75) is 57.6 Å². The van der Waals surface area contributed by atoms with Gasteiger partial charge in [0.05, 0.1) is 12.1 Å². The van der Waals surface area contributed by atoms with Crippen LogP contribution < -0.4 is 5.32 Å². The maximum atomic E-state index is 12.3. The normalized spacial score (nSPS) is 25.0. The summed E-state index contributed by atoms with van der Waals surface area (Å²) in [7, 11) is 0. The Bertz CT molecular complexity index is 311. The van der Waals surface area contributed by atoms with Gasteiger partial charge >= 0.3 is 0 Å². The lowest BCUT2D eigenvalue weighted by atomic mass is 9.94. The van der Waals surface area contributed by atoms with Crippen molar-refractivity contribution in [2.24, 2.45) is 5.92 Å². The molecule has 2 N–H and O–H groups in total. The Morgan fingerprint density at radius 1 is 1.24 bits per heavy atom. The predicted octanol–water partition coefficient (Wildman–Crippen LogP) is 1.15. The molecule has 0 bridgehead atoms. The van der Waals surface area contributed by atoms with E-state index in [1.54, 1.807) is 0 Å². The lowest BCUT2D eigenvalue weighted by molar-refractivity contribution is -0.126. The molecule has 0 aromatic heterocycles. The maximum absolute atomic E-state index is 12.3. The number of ether oxygens (including phenoxy) is 1. The van der Waals surface area contributed by atoms with Gasteiger partial charge in [-0.15, -0.1) is 0 Å². The molecule has 2 saturated heterocycles. The maximum Gasteiger partial charge on any atom is 0.237 e. The van der Waals surface area contributed by atoms with Crippen LogP contribution in [-0.4, -0.2) is 60.9 Å². The molecular weight excluding hydrogens is 268 g/mol. The molecule has 0 unspecified atom stereocenters. The van der Waals surface area contributed by atoms with E-state index in [4.69, 9.17) is 4.74 Å². The van der Waals surface area contributed by atoms with E-state index in [1.165, 1.54) is 25.7 Å². The van der Waals surface area contributed by atoms with Crippen LogP contribution in [0.3, 0.4) is 0 Å². The van der Waals surface area contributed by atoms with Gasteiger partial charge in [0.1, 0.15) is 0 Å². The average molecular weight is 298 g/mol. The first kappa shape index (κ1) is 16.7. The minimum Gasteiger partial charge on any atom is -0.391 e. The molecular formula is C16H30N2O3. The number of likely N-dealkylation sites (tertiary alicyclic amines) is 1. The molecule has 2 aliphatic heterocycles. The second-order valence-electron chi connectivity index (χ2n) is 6.39. The van der Waals surface area contributed by atoms with Crippen LogP contribution in [0.2, 0.25) is 0 Å². The van der Waals surface area contributed by atoms with Crippen LogP contribution in [0.25, 0.3) is 0 Å². The van der Waals surface area contributed by atoms with Crippen molar-refractivity contribution in [3.8, 4) is 0 Å². The van der Waals surface area contributed by atoms with Crippen LogP contribution >= 0.6 is 0 Å². The highest BCUT2D eigenvalue weighted by molar-refractivity contribution is 5.81. The van der Waals surface area contributed by atoms with Gasteiger partial charge in [-0.05, 0) is 51.6 Å². The zero-order valence-corrected chi connectivity index (χ0v) is 13.2. The van der Waals surface area contributed by atoms with Crippen LogP contribution in [0.5, 0.6) is 0 Å². The Hall–Kier alpha value is -0.650. The number of hydrogen-bond acceptors (Lipinski definition) is 4. The van der Waals surface area contributed by atoms with Gasteiger partial charge in [0.25, 0.3) is 0 Å². The molecule has 0 aliphatic carbocycles. The Balaban J connectivity index is 1.72. The Morgan fingerprint density at radius 3 is 2.48 bits per heavy atom. The smallest absolute Gasteiger partial charge is 0.237 e. The van der Waals surface area contributed by atoms with E-state index in [0.29, 0.717) is 6.54 Å². The van der Waals surface area contributed by atoms with Crippen molar-refractivity contribution in [3.63, 3.8) is 0 Å². The zero-order valence-electron chi connectivity index (χ0n) is 13.2. The van der Waals surface area contributed by atoms with Crippen molar-refractivity contribution in [1.29, 1.82) is 0 Å². The van der Waals surface area contributed by atoms with Crippen molar-refractivity contribution >= 4 is 5.91 Å². The highest BCUT2D eigenvalue weighted by atomic mass is 16.5. The third-order valence-electron chi connectivity index (χ3n) is 4.86. The topological polar surface area (TPSA) is 61.8 Å². The van der Waals surface area contributed by atoms with Crippen LogP contribution in [0.4, 0.5) is 0 Å². The number of nitrogens with one attached hydrogen (secondary N) is 1. The monoisotopic (exact) mass is 298 g/mol. The van der Waals surface area contributed by atoms with Crippen LogP contribution in [0.15, 0.2) is 0 Å². The summed E-state index contributed by atoms with van der Waals surface area (Å²) in [4.78, 5) is 14.5. The number of carbonyl (C=O) groups excluding carboxylic acids is 1. The molecule has 122 valence electrons. The molecule has 2 fully saturated rings. The fourth-order valence-electron chi connectivity index (χ4n) is 3.27. The number of aliphatic hydroxyl groups is 1. The first-order valence-corrected chi connectivity index (χ1v) is 8.46. The van der Waals surface area contributed by atoms with E-state index in [1.807, 2.05) is 6.92 Å². The SMILES string of the molecule is C[C@@H](C(=O)NC[C@H](O)C1CCOCC1)N1CCCCCC1. The van der Waals surface area contributed by atoms with Crippen LogP contribution in [-0.2, 0) is 9.53 Å². The summed E-state index contributed by atoms with van der Waals surface area (Å²) in [6.45, 7) is 5.80. The summed E-state index contributed by atoms with van der Waals surface area (Å²) < 4.78 is 5.30. The van der Waals surface area contributed by atoms with Gasteiger partial charge < -0.3 is 15.2 Å². The first-order valence-electron chi connectivity index (χ1n) is 8.46. The van der Waals surface area contributed by atoms with Crippen molar-refractivity contribution in [3.05, 3.63) is 0 Å². The van der Waals surface area contributed by atoms with Crippen molar-refractivity contribution < 1.29 is 14.6 Å². The fourth-order valence-corrected chi connectivity index (χ4v) is 3.27. The molecule has 2 rings (SSSR count). The van der Waals surface area contributed by atoms with E-state index < -0.39 is 6.10 Å². The van der Waals surface area contributed by atoms with E-state index >= 15 is 0 Å². The summed E-state index contributed by atoms with van der Waals surface area (Å²) in [5.41, 5.74) is 0. The molecule has 0 saturated carbocycles. The third-order valence-corrected chi connectivity index (χ3v) is 4.86. The number of aliphatic hydroxyl groups excluding tert-OH is 1. The van der Waals surface area contributed by atoms with Crippen LogP contribution in [0, 0.1) is 5.92 Å². The summed E-state index contributed by atoms with van der Waals surface area (Å²) in [5, 5.41) is 13.1. The second kappa shape index (κ2) is 8.71. The van der Waals surface area contributed by atoms with E-state index in [2.05, 4.69) is 10.2 Å². The number of hydrogen-bond donors (Lipinski definition) is 2. The molecule has 0 aromatic carbocycles. The number of amides is 1. The molecule has 1 amide bonds. The molecule has 2 aliphatic rings. The van der Waals surface area contributed by atoms with E-state index in [0.717, 1.165) is 39.1 Å². The first-order chi connectivity index (χ1) is 10.2. The highest BCUT2D eigenvalue weighted by Gasteiger charge is 2.25. The fraction of sp³-hybridized carbons (Fsp3) is 0.938. The summed E-state index contributed by atoms with van der Waals surface area (Å²) in [5.74, 6) is 0.301. The van der Waals surface area contributed by atoms with Gasteiger partial charge in [-0.3, -0.25) is 9.69 Å². The average Bonchev–Trinajstić information content (AvgIpc) is 2.81. The van der Waals surface area contributed by atoms with E-state index in [-0.39, 0.29) is 17.9 Å². The molecule has 2 atom stereocenters. The Labute approximate surface area is 128 Å². The van der Waals surface area contributed by atoms with Crippen LogP contribution in [0.1, 0.15) is 45.4 Å². The molecule has 5 heteroatoms. The Morgan fingerprint density at radius 2 is 1.86 bits per heavy atom. The van der Waals surface area contributed by atoms with Gasteiger partial charge in [0.2, 0.25) is 5.91 Å². The molecule has 21 heavy (non-hydrogen) atoms. The van der Waals surface area contributed by atoms with Gasteiger partial charge in [-0.2, -0.15) is 0 Å². The zero-order chi connectivity index (χ0) is 15.1.